The van der Waals surface area contributed by atoms with E-state index in [1.807, 2.05) is 13.8 Å². The molecule has 0 aromatic rings. The fourth-order valence-electron chi connectivity index (χ4n) is 5.44. The van der Waals surface area contributed by atoms with E-state index in [1.165, 1.54) is 13.8 Å². The maximum atomic E-state index is 12.0. The smallest absolute Gasteiger partial charge is 0.303 e. The van der Waals surface area contributed by atoms with Crippen LogP contribution in [0.15, 0.2) is 17.4 Å². The molecule has 0 aromatic heterocycles. The summed E-state index contributed by atoms with van der Waals surface area (Å²) in [5.41, 5.74) is 1.77. The largest absolute Gasteiger partial charge is 0.463 e. The highest BCUT2D eigenvalue weighted by Gasteiger charge is 2.53. The molecule has 1 heterocycles. The van der Waals surface area contributed by atoms with Crippen LogP contribution >= 0.6 is 0 Å². The van der Waals surface area contributed by atoms with E-state index in [0.29, 0.717) is 12.0 Å². The maximum absolute atomic E-state index is 12.0. The van der Waals surface area contributed by atoms with Gasteiger partial charge in [0, 0.05) is 46.6 Å². The molecule has 42 heavy (non-hydrogen) atoms. The lowest BCUT2D eigenvalue weighted by atomic mass is 9.65. The van der Waals surface area contributed by atoms with Crippen LogP contribution in [0.4, 0.5) is 0 Å². The van der Waals surface area contributed by atoms with E-state index in [1.54, 1.807) is 19.9 Å². The molecule has 0 amide bonds. The first-order chi connectivity index (χ1) is 19.3. The molecule has 236 valence electrons. The van der Waals surface area contributed by atoms with Crippen molar-refractivity contribution in [1.82, 2.24) is 0 Å². The lowest BCUT2D eigenvalue weighted by molar-refractivity contribution is -0.312. The minimum atomic E-state index is -1.37. The van der Waals surface area contributed by atoms with Crippen LogP contribution in [0.5, 0.6) is 0 Å². The second kappa shape index (κ2) is 14.3. The van der Waals surface area contributed by atoms with Gasteiger partial charge < -0.3 is 38.3 Å². The van der Waals surface area contributed by atoms with Gasteiger partial charge in [-0.2, -0.15) is 0 Å². The van der Waals surface area contributed by atoms with Gasteiger partial charge in [-0.25, -0.2) is 0 Å². The Morgan fingerprint density at radius 2 is 1.38 bits per heavy atom. The van der Waals surface area contributed by atoms with Gasteiger partial charge in [0.05, 0.1) is 11.7 Å². The molecule has 13 heteroatoms. The van der Waals surface area contributed by atoms with Gasteiger partial charge in [-0.1, -0.05) is 13.8 Å². The number of hydrogen-bond donors (Lipinski definition) is 1. The Morgan fingerprint density at radius 3 is 1.88 bits per heavy atom. The zero-order chi connectivity index (χ0) is 32.0. The molecule has 8 unspecified atom stereocenters. The van der Waals surface area contributed by atoms with Crippen LogP contribution in [-0.2, 0) is 57.1 Å². The standard InChI is InChI=1S/C29H42O13/c1-15(10-11-23-28(7,8)12-21(38-17(3)31)13-29(23,9)35)37-27-26(41-20(6)34)25(40-19(5)33)24(39-18(4)32)22(42-27)14-36-16(2)30/h10,15,21-22,24-27,35H,12-14H2,1-9H3. The average molecular weight is 599 g/mol. The summed E-state index contributed by atoms with van der Waals surface area (Å²) in [7, 11) is 0. The van der Waals surface area contributed by atoms with Gasteiger partial charge >= 0.3 is 29.8 Å². The summed E-state index contributed by atoms with van der Waals surface area (Å²) < 4.78 is 38.7. The van der Waals surface area contributed by atoms with E-state index < -0.39 is 83.8 Å². The second-order valence-electron chi connectivity index (χ2n) is 11.4. The maximum Gasteiger partial charge on any atom is 0.303 e. The molecule has 2 aliphatic rings. The Balaban J connectivity index is 2.44. The number of hydrogen-bond acceptors (Lipinski definition) is 13. The molecule has 1 saturated heterocycles. The summed E-state index contributed by atoms with van der Waals surface area (Å²) in [6, 6.07) is 0. The SMILES string of the molecule is CC(=O)OCC1OC(OC(C)C=C=C2C(C)(C)CC(OC(C)=O)CC2(C)O)C(OC(C)=O)C(OC(C)=O)C1OC(C)=O. The van der Waals surface area contributed by atoms with E-state index in [9.17, 15) is 29.1 Å². The summed E-state index contributed by atoms with van der Waals surface area (Å²) in [6.45, 7) is 12.6. The fourth-order valence-corrected chi connectivity index (χ4v) is 5.44. The molecule has 1 N–H and O–H groups in total. The van der Waals surface area contributed by atoms with E-state index in [2.05, 4.69) is 5.73 Å². The van der Waals surface area contributed by atoms with Crippen molar-refractivity contribution in [3.05, 3.63) is 17.4 Å². The zero-order valence-corrected chi connectivity index (χ0v) is 25.6. The molecule has 2 fully saturated rings. The van der Waals surface area contributed by atoms with E-state index >= 15 is 0 Å². The van der Waals surface area contributed by atoms with Crippen LogP contribution in [0.2, 0.25) is 0 Å². The van der Waals surface area contributed by atoms with E-state index in [0.717, 1.165) is 20.8 Å². The third-order valence-electron chi connectivity index (χ3n) is 6.67. The van der Waals surface area contributed by atoms with Crippen molar-refractivity contribution in [2.24, 2.45) is 5.41 Å². The van der Waals surface area contributed by atoms with Crippen molar-refractivity contribution in [1.29, 1.82) is 0 Å². The number of ether oxygens (including phenoxy) is 7. The normalized spacial score (nSPS) is 31.0. The average Bonchev–Trinajstić information content (AvgIpc) is 2.78. The van der Waals surface area contributed by atoms with Crippen LogP contribution in [0.1, 0.15) is 75.2 Å². The lowest BCUT2D eigenvalue weighted by Gasteiger charge is -2.45. The van der Waals surface area contributed by atoms with Crippen molar-refractivity contribution in [3.63, 3.8) is 0 Å². The molecule has 0 spiro atoms. The summed E-state index contributed by atoms with van der Waals surface area (Å²) in [4.78, 5) is 59.0. The highest BCUT2D eigenvalue weighted by atomic mass is 16.7. The number of carbonyl (C=O) groups excluding carboxylic acids is 5. The molecule has 13 nitrogen and oxygen atoms in total. The fraction of sp³-hybridized carbons (Fsp3) is 0.724. The third-order valence-corrected chi connectivity index (χ3v) is 6.67. The van der Waals surface area contributed by atoms with Crippen LogP contribution in [0.3, 0.4) is 0 Å². The number of carbonyl (C=O) groups is 5. The highest BCUT2D eigenvalue weighted by molar-refractivity contribution is 5.69. The van der Waals surface area contributed by atoms with Crippen molar-refractivity contribution in [3.8, 4) is 0 Å². The molecule has 1 aliphatic carbocycles. The Morgan fingerprint density at radius 1 is 0.857 bits per heavy atom. The molecular weight excluding hydrogens is 556 g/mol. The quantitative estimate of drug-likeness (QED) is 0.233. The zero-order valence-electron chi connectivity index (χ0n) is 25.6. The summed E-state index contributed by atoms with van der Waals surface area (Å²) in [5.74, 6) is -3.31. The Labute approximate surface area is 245 Å². The van der Waals surface area contributed by atoms with Crippen molar-refractivity contribution < 1.29 is 62.2 Å². The van der Waals surface area contributed by atoms with Crippen LogP contribution < -0.4 is 0 Å². The number of rotatable bonds is 9. The highest BCUT2D eigenvalue weighted by Crippen LogP contribution is 2.46. The molecule has 8 atom stereocenters. The summed E-state index contributed by atoms with van der Waals surface area (Å²) in [5, 5.41) is 11.2. The third kappa shape index (κ3) is 9.94. The van der Waals surface area contributed by atoms with Gasteiger partial charge in [0.1, 0.15) is 18.8 Å². The first kappa shape index (κ1) is 34.9. The Hall–Kier alpha value is -3.25. The van der Waals surface area contributed by atoms with Gasteiger partial charge in [0.25, 0.3) is 0 Å². The van der Waals surface area contributed by atoms with E-state index in [-0.39, 0.29) is 13.0 Å². The Bertz CT molecular complexity index is 1080. The number of esters is 5. The van der Waals surface area contributed by atoms with Gasteiger partial charge in [-0.05, 0) is 31.8 Å². The van der Waals surface area contributed by atoms with Gasteiger partial charge in [-0.3, -0.25) is 24.0 Å². The summed E-state index contributed by atoms with van der Waals surface area (Å²) in [6.07, 6.45) is -5.58. The molecular formula is C29H42O13. The van der Waals surface area contributed by atoms with Crippen molar-refractivity contribution in [2.45, 2.75) is 124 Å². The first-order valence-corrected chi connectivity index (χ1v) is 13.7. The second-order valence-corrected chi connectivity index (χ2v) is 11.4. The molecule has 0 bridgehead atoms. The van der Waals surface area contributed by atoms with Gasteiger partial charge in [-0.15, -0.1) is 5.73 Å². The minimum absolute atomic E-state index is 0.182. The van der Waals surface area contributed by atoms with Crippen molar-refractivity contribution >= 4 is 29.8 Å². The molecule has 0 radical (unpaired) electrons. The van der Waals surface area contributed by atoms with Crippen LogP contribution in [0.25, 0.3) is 0 Å². The van der Waals surface area contributed by atoms with E-state index in [4.69, 9.17) is 33.2 Å². The monoisotopic (exact) mass is 598 g/mol. The van der Waals surface area contributed by atoms with Gasteiger partial charge in [0.2, 0.25) is 0 Å². The molecule has 0 aromatic carbocycles. The lowest BCUT2D eigenvalue weighted by Crippen LogP contribution is -2.63. The molecule has 1 saturated carbocycles. The predicted octanol–water partition coefficient (Wildman–Crippen LogP) is 2.06. The van der Waals surface area contributed by atoms with Crippen LogP contribution in [0, 0.1) is 5.41 Å². The number of aliphatic hydroxyl groups is 1. The molecule has 2 rings (SSSR count). The summed E-state index contributed by atoms with van der Waals surface area (Å²) >= 11 is 0. The van der Waals surface area contributed by atoms with Crippen molar-refractivity contribution in [2.75, 3.05) is 6.61 Å². The Kier molecular flexibility index (Phi) is 11.9. The van der Waals surface area contributed by atoms with Crippen LogP contribution in [-0.4, -0.2) is 90.1 Å². The first-order valence-electron chi connectivity index (χ1n) is 13.7. The topological polar surface area (TPSA) is 170 Å². The predicted molar refractivity (Wildman–Crippen MR) is 143 cm³/mol. The van der Waals surface area contributed by atoms with Gasteiger partial charge in [0.15, 0.2) is 24.6 Å². The minimum Gasteiger partial charge on any atom is -0.463 e. The molecule has 1 aliphatic heterocycles.